The molecular formula is C11H24N2O4S. The Kier molecular flexibility index (Phi) is 6.80. The zero-order chi connectivity index (χ0) is 14.4. The Morgan fingerprint density at radius 2 is 1.89 bits per heavy atom. The summed E-state index contributed by atoms with van der Waals surface area (Å²) in [5.74, 6) is -0.424. The van der Waals surface area contributed by atoms with Crippen LogP contribution in [0.15, 0.2) is 0 Å². The Balaban J connectivity index is 4.16. The topological polar surface area (TPSA) is 75.7 Å². The smallest absolute Gasteiger partial charge is 0.306 e. The summed E-state index contributed by atoms with van der Waals surface area (Å²) >= 11 is 0. The second-order valence-electron chi connectivity index (χ2n) is 5.36. The van der Waals surface area contributed by atoms with Crippen LogP contribution in [-0.2, 0) is 19.7 Å². The van der Waals surface area contributed by atoms with Gasteiger partial charge in [-0.3, -0.25) is 4.79 Å². The maximum absolute atomic E-state index is 11.8. The molecule has 6 nitrogen and oxygen atoms in total. The minimum absolute atomic E-state index is 0.0488. The lowest BCUT2D eigenvalue weighted by molar-refractivity contribution is -0.140. The fraction of sp³-hybridized carbons (Fsp3) is 0.909. The lowest BCUT2D eigenvalue weighted by Gasteiger charge is -2.21. The molecule has 0 atom stereocenters. The molecule has 0 unspecified atom stereocenters. The molecular weight excluding hydrogens is 256 g/mol. The number of nitrogens with zero attached hydrogens (tertiary/aromatic N) is 1. The molecule has 0 spiro atoms. The van der Waals surface area contributed by atoms with Crippen molar-refractivity contribution in [2.75, 3.05) is 27.2 Å². The van der Waals surface area contributed by atoms with Crippen molar-refractivity contribution in [2.24, 2.45) is 5.41 Å². The third-order valence-electron chi connectivity index (χ3n) is 2.43. The molecule has 0 amide bonds. The lowest BCUT2D eigenvalue weighted by Crippen LogP contribution is -2.40. The first-order valence-electron chi connectivity index (χ1n) is 5.86. The number of carbonyl (C=O) groups excluding carboxylic acids is 1. The van der Waals surface area contributed by atoms with Gasteiger partial charge < -0.3 is 4.74 Å². The van der Waals surface area contributed by atoms with Gasteiger partial charge in [-0.15, -0.1) is 0 Å². The molecule has 108 valence electrons. The van der Waals surface area contributed by atoms with Gasteiger partial charge in [0, 0.05) is 20.1 Å². The number of nitrogens with one attached hydrogen (secondary N) is 1. The molecule has 0 aromatic rings. The quantitative estimate of drug-likeness (QED) is 0.698. The minimum Gasteiger partial charge on any atom is -0.469 e. The van der Waals surface area contributed by atoms with Crippen LogP contribution in [-0.4, -0.2) is 45.9 Å². The van der Waals surface area contributed by atoms with Crippen LogP contribution in [0.4, 0.5) is 0 Å². The fourth-order valence-electron chi connectivity index (χ4n) is 1.14. The van der Waals surface area contributed by atoms with E-state index in [1.165, 1.54) is 14.2 Å². The highest BCUT2D eigenvalue weighted by atomic mass is 32.2. The first-order chi connectivity index (χ1) is 8.08. The standard InChI is InChI=1S/C11H24N2O4S/c1-11(2,3)7-8-12-18(15,16)13(4)9-6-10(14)17-5/h12H,6-9H2,1-5H3. The molecule has 0 saturated heterocycles. The summed E-state index contributed by atoms with van der Waals surface area (Å²) in [7, 11) is -0.802. The van der Waals surface area contributed by atoms with Gasteiger partial charge in [-0.05, 0) is 11.8 Å². The number of carbonyl (C=O) groups is 1. The third kappa shape index (κ3) is 7.62. The highest BCUT2D eigenvalue weighted by molar-refractivity contribution is 7.87. The van der Waals surface area contributed by atoms with Gasteiger partial charge in [-0.1, -0.05) is 20.8 Å². The average molecular weight is 280 g/mol. The van der Waals surface area contributed by atoms with Gasteiger partial charge >= 0.3 is 5.97 Å². The molecule has 7 heteroatoms. The van der Waals surface area contributed by atoms with Crippen molar-refractivity contribution < 1.29 is 17.9 Å². The van der Waals surface area contributed by atoms with Crippen molar-refractivity contribution in [3.63, 3.8) is 0 Å². The van der Waals surface area contributed by atoms with Crippen molar-refractivity contribution in [3.05, 3.63) is 0 Å². The van der Waals surface area contributed by atoms with Crippen LogP contribution in [0.25, 0.3) is 0 Å². The van der Waals surface area contributed by atoms with Gasteiger partial charge in [0.25, 0.3) is 10.2 Å². The summed E-state index contributed by atoms with van der Waals surface area (Å²) in [4.78, 5) is 10.9. The number of hydrogen-bond donors (Lipinski definition) is 1. The maximum atomic E-state index is 11.8. The monoisotopic (exact) mass is 280 g/mol. The molecule has 0 heterocycles. The van der Waals surface area contributed by atoms with Gasteiger partial charge in [-0.2, -0.15) is 12.7 Å². The van der Waals surface area contributed by atoms with E-state index in [0.29, 0.717) is 6.54 Å². The Morgan fingerprint density at radius 1 is 1.33 bits per heavy atom. The summed E-state index contributed by atoms with van der Waals surface area (Å²) in [5.41, 5.74) is 0.0765. The Bertz CT molecular complexity index is 360. The van der Waals surface area contributed by atoms with E-state index in [2.05, 4.69) is 9.46 Å². The first kappa shape index (κ1) is 17.3. The van der Waals surface area contributed by atoms with Crippen molar-refractivity contribution >= 4 is 16.2 Å². The zero-order valence-corrected chi connectivity index (χ0v) is 12.6. The van der Waals surface area contributed by atoms with E-state index in [0.717, 1.165) is 10.7 Å². The summed E-state index contributed by atoms with van der Waals surface area (Å²) in [6.07, 6.45) is 0.796. The molecule has 18 heavy (non-hydrogen) atoms. The molecule has 0 aliphatic heterocycles. The Morgan fingerprint density at radius 3 is 2.33 bits per heavy atom. The van der Waals surface area contributed by atoms with Crippen LogP contribution < -0.4 is 4.72 Å². The molecule has 0 radical (unpaired) electrons. The lowest BCUT2D eigenvalue weighted by atomic mass is 9.93. The average Bonchev–Trinajstić information content (AvgIpc) is 2.22. The molecule has 0 bridgehead atoms. The molecule has 1 N–H and O–H groups in total. The molecule has 0 aliphatic carbocycles. The van der Waals surface area contributed by atoms with Crippen LogP contribution in [0.2, 0.25) is 0 Å². The van der Waals surface area contributed by atoms with Crippen molar-refractivity contribution in [1.82, 2.24) is 9.03 Å². The van der Waals surface area contributed by atoms with E-state index in [1.54, 1.807) is 0 Å². The van der Waals surface area contributed by atoms with Crippen LogP contribution in [0.1, 0.15) is 33.6 Å². The van der Waals surface area contributed by atoms with E-state index in [9.17, 15) is 13.2 Å². The highest BCUT2D eigenvalue weighted by Crippen LogP contribution is 2.17. The first-order valence-corrected chi connectivity index (χ1v) is 7.30. The predicted octanol–water partition coefficient (Wildman–Crippen LogP) is 0.752. The second kappa shape index (κ2) is 7.06. The van der Waals surface area contributed by atoms with Crippen molar-refractivity contribution in [3.8, 4) is 0 Å². The number of methoxy groups -OCH3 is 1. The van der Waals surface area contributed by atoms with Crippen molar-refractivity contribution in [1.29, 1.82) is 0 Å². The van der Waals surface area contributed by atoms with E-state index < -0.39 is 16.2 Å². The van der Waals surface area contributed by atoms with E-state index in [1.807, 2.05) is 20.8 Å². The highest BCUT2D eigenvalue weighted by Gasteiger charge is 2.19. The summed E-state index contributed by atoms with van der Waals surface area (Å²) < 4.78 is 31.6. The number of ether oxygens (including phenoxy) is 1. The second-order valence-corrected chi connectivity index (χ2v) is 7.22. The predicted molar refractivity (Wildman–Crippen MR) is 70.3 cm³/mol. The fourth-order valence-corrected chi connectivity index (χ4v) is 2.05. The van der Waals surface area contributed by atoms with E-state index in [-0.39, 0.29) is 18.4 Å². The normalized spacial score (nSPS) is 12.8. The Labute approximate surface area is 110 Å². The van der Waals surface area contributed by atoms with Gasteiger partial charge in [-0.25, -0.2) is 4.72 Å². The molecule has 0 rings (SSSR count). The summed E-state index contributed by atoms with van der Waals surface area (Å²) in [6, 6.07) is 0. The molecule has 0 aromatic heterocycles. The van der Waals surface area contributed by atoms with Crippen LogP contribution in [0.3, 0.4) is 0 Å². The number of esters is 1. The van der Waals surface area contributed by atoms with E-state index >= 15 is 0 Å². The largest absolute Gasteiger partial charge is 0.469 e. The number of rotatable bonds is 7. The van der Waals surface area contributed by atoms with E-state index in [4.69, 9.17) is 0 Å². The van der Waals surface area contributed by atoms with Gasteiger partial charge in [0.05, 0.1) is 13.5 Å². The summed E-state index contributed by atoms with van der Waals surface area (Å²) in [6.45, 7) is 6.62. The van der Waals surface area contributed by atoms with Crippen LogP contribution in [0, 0.1) is 5.41 Å². The summed E-state index contributed by atoms with van der Waals surface area (Å²) in [5, 5.41) is 0. The van der Waals surface area contributed by atoms with Gasteiger partial charge in [0.15, 0.2) is 0 Å². The van der Waals surface area contributed by atoms with Crippen LogP contribution in [0.5, 0.6) is 0 Å². The van der Waals surface area contributed by atoms with Crippen molar-refractivity contribution in [2.45, 2.75) is 33.6 Å². The van der Waals surface area contributed by atoms with Gasteiger partial charge in [0.1, 0.15) is 0 Å². The minimum atomic E-state index is -3.51. The van der Waals surface area contributed by atoms with Gasteiger partial charge in [0.2, 0.25) is 0 Å². The van der Waals surface area contributed by atoms with Crippen LogP contribution >= 0.6 is 0 Å². The zero-order valence-electron chi connectivity index (χ0n) is 11.8. The SMILES string of the molecule is COC(=O)CCN(C)S(=O)(=O)NCCC(C)(C)C. The molecule has 0 fully saturated rings. The molecule has 0 aliphatic rings. The third-order valence-corrected chi connectivity index (χ3v) is 4.00. The maximum Gasteiger partial charge on any atom is 0.306 e. The Hall–Kier alpha value is -0.660. The molecule has 0 aromatic carbocycles. The number of hydrogen-bond acceptors (Lipinski definition) is 4. The molecule has 0 saturated carbocycles.